The Balaban J connectivity index is 1.20. The molecule has 188 valence electrons. The van der Waals surface area contributed by atoms with Gasteiger partial charge in [0, 0.05) is 29.6 Å². The number of fused-ring (bicyclic) bond motifs is 4. The van der Waals surface area contributed by atoms with E-state index in [1.165, 1.54) is 12.1 Å². The highest BCUT2D eigenvalue weighted by Gasteiger charge is 2.53. The molecule has 0 spiro atoms. The lowest BCUT2D eigenvalue weighted by Gasteiger charge is -2.50. The van der Waals surface area contributed by atoms with Gasteiger partial charge in [0.2, 0.25) is 0 Å². The molecular formula is C28H29NO7. The maximum atomic E-state index is 11.2. The van der Waals surface area contributed by atoms with E-state index in [2.05, 4.69) is 18.7 Å². The molecule has 4 atom stereocenters. The number of benzene rings is 2. The standard InChI is InChI=1S/C28H29NO7/c1-28(2)19-13-20-24(35-25(19)18-4-3-5-21(30)26(18)36-28)10-11-29(20)14-16-7-9-23(34-16)15-6-8-17(27(32)33)22(31)12-15/h3-9,12,19-20,24-25,30-31H,10-11,13-14H2,1-2H3,(H,32,33)/t19-,20+,24-,25+/m1/s1. The number of ether oxygens (including phenoxy) is 2. The number of furan rings is 1. The van der Waals surface area contributed by atoms with Gasteiger partial charge in [-0.2, -0.15) is 0 Å². The van der Waals surface area contributed by atoms with Crippen molar-refractivity contribution < 1.29 is 34.0 Å². The van der Waals surface area contributed by atoms with Crippen molar-refractivity contribution in [3.05, 3.63) is 65.4 Å². The highest BCUT2D eigenvalue weighted by molar-refractivity contribution is 5.91. The number of hydrogen-bond acceptors (Lipinski definition) is 7. The highest BCUT2D eigenvalue weighted by atomic mass is 16.5. The van der Waals surface area contributed by atoms with Crippen molar-refractivity contribution in [1.82, 2.24) is 4.90 Å². The zero-order valence-corrected chi connectivity index (χ0v) is 20.2. The zero-order valence-electron chi connectivity index (χ0n) is 20.2. The minimum Gasteiger partial charge on any atom is -0.507 e. The molecule has 0 bridgehead atoms. The molecule has 2 saturated heterocycles. The van der Waals surface area contributed by atoms with Gasteiger partial charge in [0.05, 0.1) is 18.8 Å². The summed E-state index contributed by atoms with van der Waals surface area (Å²) in [4.78, 5) is 13.6. The second-order valence-electron chi connectivity index (χ2n) is 10.5. The third-order valence-corrected chi connectivity index (χ3v) is 7.90. The molecule has 4 heterocycles. The number of phenolic OH excluding ortho intramolecular Hbond substituents is 1. The molecule has 6 rings (SSSR count). The van der Waals surface area contributed by atoms with Crippen LogP contribution in [0.5, 0.6) is 17.2 Å². The maximum absolute atomic E-state index is 11.2. The van der Waals surface area contributed by atoms with Crippen LogP contribution in [0.2, 0.25) is 0 Å². The van der Waals surface area contributed by atoms with Crippen LogP contribution in [0.15, 0.2) is 52.9 Å². The quantitative estimate of drug-likeness (QED) is 0.470. The summed E-state index contributed by atoms with van der Waals surface area (Å²) in [6, 6.07) is 13.9. The number of phenols is 2. The number of aromatic carboxylic acids is 1. The van der Waals surface area contributed by atoms with E-state index in [1.807, 2.05) is 24.3 Å². The van der Waals surface area contributed by atoms with Gasteiger partial charge >= 0.3 is 5.97 Å². The summed E-state index contributed by atoms with van der Waals surface area (Å²) >= 11 is 0. The summed E-state index contributed by atoms with van der Waals surface area (Å²) in [6.45, 7) is 5.63. The molecule has 3 aliphatic heterocycles. The first-order valence-corrected chi connectivity index (χ1v) is 12.3. The maximum Gasteiger partial charge on any atom is 0.339 e. The fourth-order valence-corrected chi connectivity index (χ4v) is 6.05. The molecule has 2 fully saturated rings. The Morgan fingerprint density at radius 1 is 1.11 bits per heavy atom. The summed E-state index contributed by atoms with van der Waals surface area (Å²) in [5.41, 5.74) is 0.910. The molecule has 8 heteroatoms. The lowest BCUT2D eigenvalue weighted by molar-refractivity contribution is -0.163. The Morgan fingerprint density at radius 2 is 1.94 bits per heavy atom. The smallest absolute Gasteiger partial charge is 0.339 e. The van der Waals surface area contributed by atoms with Crippen LogP contribution in [-0.2, 0) is 11.3 Å². The van der Waals surface area contributed by atoms with Crippen molar-refractivity contribution in [3.8, 4) is 28.6 Å². The average Bonchev–Trinajstić information content (AvgIpc) is 3.46. The van der Waals surface area contributed by atoms with Gasteiger partial charge in [-0.05, 0) is 57.0 Å². The highest BCUT2D eigenvalue weighted by Crippen LogP contribution is 2.54. The van der Waals surface area contributed by atoms with Crippen molar-refractivity contribution in [2.75, 3.05) is 6.54 Å². The Bertz CT molecular complexity index is 1330. The molecule has 0 aliphatic carbocycles. The number of hydrogen-bond donors (Lipinski definition) is 3. The van der Waals surface area contributed by atoms with Crippen LogP contribution < -0.4 is 4.74 Å². The Morgan fingerprint density at radius 3 is 2.72 bits per heavy atom. The van der Waals surface area contributed by atoms with Gasteiger partial charge < -0.3 is 29.2 Å². The van der Waals surface area contributed by atoms with Crippen molar-refractivity contribution in [3.63, 3.8) is 0 Å². The molecule has 0 amide bonds. The number of carboxylic acids is 1. The number of carbonyl (C=O) groups is 1. The second kappa shape index (κ2) is 8.28. The molecular weight excluding hydrogens is 462 g/mol. The van der Waals surface area contributed by atoms with E-state index < -0.39 is 11.6 Å². The van der Waals surface area contributed by atoms with Gasteiger partial charge in [-0.15, -0.1) is 0 Å². The van der Waals surface area contributed by atoms with Crippen LogP contribution in [0.3, 0.4) is 0 Å². The predicted octanol–water partition coefficient (Wildman–Crippen LogP) is 4.95. The largest absolute Gasteiger partial charge is 0.507 e. The first-order valence-electron chi connectivity index (χ1n) is 12.3. The molecule has 8 nitrogen and oxygen atoms in total. The first kappa shape index (κ1) is 22.9. The number of rotatable bonds is 4. The first-order chi connectivity index (χ1) is 17.2. The number of aromatic hydroxyl groups is 2. The van der Waals surface area contributed by atoms with Crippen LogP contribution in [0.25, 0.3) is 11.3 Å². The van der Waals surface area contributed by atoms with Gasteiger partial charge in [0.25, 0.3) is 0 Å². The third-order valence-electron chi connectivity index (χ3n) is 7.90. The Labute approximate surface area is 208 Å². The summed E-state index contributed by atoms with van der Waals surface area (Å²) in [5, 5.41) is 29.5. The molecule has 36 heavy (non-hydrogen) atoms. The molecule has 0 saturated carbocycles. The van der Waals surface area contributed by atoms with Crippen molar-refractivity contribution >= 4 is 5.97 Å². The van der Waals surface area contributed by atoms with Gasteiger partial charge in [-0.1, -0.05) is 18.2 Å². The fraction of sp³-hybridized carbons (Fsp3) is 0.393. The molecule has 3 aliphatic rings. The average molecular weight is 492 g/mol. The van der Waals surface area contributed by atoms with Gasteiger partial charge in [0.15, 0.2) is 11.5 Å². The number of nitrogens with zero attached hydrogens (tertiary/aromatic N) is 1. The van der Waals surface area contributed by atoms with E-state index in [4.69, 9.17) is 19.0 Å². The molecule has 3 N–H and O–H groups in total. The fourth-order valence-electron chi connectivity index (χ4n) is 6.05. The van der Waals surface area contributed by atoms with Crippen LogP contribution in [0.4, 0.5) is 0 Å². The van der Waals surface area contributed by atoms with Crippen LogP contribution in [-0.4, -0.2) is 50.5 Å². The SMILES string of the molecule is CC1(C)Oc2c(O)cccc2[C@@H]2O[C@@H]3CCN(Cc4ccc(-c5ccc(C(=O)O)c(O)c5)o4)[C@H]3C[C@H]21. The van der Waals surface area contributed by atoms with E-state index in [0.717, 1.165) is 30.7 Å². The Hall–Kier alpha value is -3.49. The van der Waals surface area contributed by atoms with Crippen molar-refractivity contribution in [2.24, 2.45) is 5.92 Å². The van der Waals surface area contributed by atoms with Crippen molar-refractivity contribution in [1.29, 1.82) is 0 Å². The van der Waals surface area contributed by atoms with Gasteiger partial charge in [-0.3, -0.25) is 4.90 Å². The molecule has 2 aromatic carbocycles. The van der Waals surface area contributed by atoms with Crippen LogP contribution in [0, 0.1) is 5.92 Å². The van der Waals surface area contributed by atoms with E-state index in [0.29, 0.717) is 23.6 Å². The lowest BCUT2D eigenvalue weighted by Crippen LogP contribution is -2.53. The van der Waals surface area contributed by atoms with E-state index in [1.54, 1.807) is 12.1 Å². The number of likely N-dealkylation sites (tertiary alicyclic amines) is 1. The summed E-state index contributed by atoms with van der Waals surface area (Å²) in [5.74, 6) is 0.722. The molecule has 0 unspecified atom stereocenters. The summed E-state index contributed by atoms with van der Waals surface area (Å²) in [7, 11) is 0. The van der Waals surface area contributed by atoms with Crippen LogP contribution >= 0.6 is 0 Å². The van der Waals surface area contributed by atoms with Gasteiger partial charge in [0.1, 0.15) is 28.4 Å². The molecule has 3 aromatic rings. The van der Waals surface area contributed by atoms with Gasteiger partial charge in [-0.25, -0.2) is 4.79 Å². The third kappa shape index (κ3) is 3.72. The molecule has 1 aromatic heterocycles. The van der Waals surface area contributed by atoms with E-state index in [-0.39, 0.29) is 41.2 Å². The Kier molecular flexibility index (Phi) is 5.28. The molecule has 0 radical (unpaired) electrons. The second-order valence-corrected chi connectivity index (χ2v) is 10.5. The summed E-state index contributed by atoms with van der Waals surface area (Å²) < 4.78 is 19.0. The number of para-hydroxylation sites is 1. The monoisotopic (exact) mass is 491 g/mol. The van der Waals surface area contributed by atoms with E-state index >= 15 is 0 Å². The number of carboxylic acid groups (broad SMARTS) is 1. The predicted molar refractivity (Wildman–Crippen MR) is 130 cm³/mol. The van der Waals surface area contributed by atoms with E-state index in [9.17, 15) is 15.0 Å². The topological polar surface area (TPSA) is 113 Å². The summed E-state index contributed by atoms with van der Waals surface area (Å²) in [6.07, 6.45) is 1.80. The minimum atomic E-state index is -1.17. The van der Waals surface area contributed by atoms with Crippen molar-refractivity contribution in [2.45, 2.75) is 57.1 Å². The lowest BCUT2D eigenvalue weighted by atomic mass is 9.74. The van der Waals surface area contributed by atoms with Crippen LogP contribution in [0.1, 0.15) is 54.5 Å². The minimum absolute atomic E-state index is 0.0882. The zero-order chi connectivity index (χ0) is 25.2. The normalized spacial score (nSPS) is 26.5.